The molecule has 0 spiro atoms. The molecule has 0 fully saturated rings. The number of hydrogen-bond acceptors (Lipinski definition) is 4. The Labute approximate surface area is 184 Å². The second-order valence-corrected chi connectivity index (χ2v) is 8.30. The number of para-hydroxylation sites is 1. The van der Waals surface area contributed by atoms with Crippen LogP contribution in [0.5, 0.6) is 5.88 Å². The summed E-state index contributed by atoms with van der Waals surface area (Å²) in [6, 6.07) is 24.4. The van der Waals surface area contributed by atoms with Gasteiger partial charge < -0.3 is 4.74 Å². The molecule has 1 aromatic heterocycles. The van der Waals surface area contributed by atoms with Crippen molar-refractivity contribution in [3.63, 3.8) is 0 Å². The van der Waals surface area contributed by atoms with Gasteiger partial charge in [-0.1, -0.05) is 59.3 Å². The van der Waals surface area contributed by atoms with Gasteiger partial charge in [0.05, 0.1) is 21.8 Å². The Morgan fingerprint density at radius 3 is 2.27 bits per heavy atom. The fourth-order valence-corrected chi connectivity index (χ4v) is 3.94. The largest absolute Gasteiger partial charge is 0.402 e. The van der Waals surface area contributed by atoms with Crippen LogP contribution in [0.15, 0.2) is 88.7 Å². The summed E-state index contributed by atoms with van der Waals surface area (Å²) in [6.45, 7) is 3.96. The van der Waals surface area contributed by atoms with E-state index in [1.807, 2.05) is 56.3 Å². The van der Waals surface area contributed by atoms with E-state index >= 15 is 0 Å². The first-order valence-corrected chi connectivity index (χ1v) is 10.6. The van der Waals surface area contributed by atoms with Gasteiger partial charge in [0.2, 0.25) is 5.88 Å². The summed E-state index contributed by atoms with van der Waals surface area (Å²) >= 11 is 7.47. The first-order chi connectivity index (χ1) is 14.5. The predicted molar refractivity (Wildman–Crippen MR) is 120 cm³/mol. The quantitative estimate of drug-likeness (QED) is 0.336. The monoisotopic (exact) mass is 434 g/mol. The van der Waals surface area contributed by atoms with Crippen LogP contribution in [0.1, 0.15) is 21.6 Å². The SMILES string of the molecule is Cc1ccc(Sc2c(C)nn(-c3ccccc3)c2OC(=O)c2ccc(Cl)cc2)cc1. The van der Waals surface area contributed by atoms with E-state index in [9.17, 15) is 4.79 Å². The molecular weight excluding hydrogens is 416 g/mol. The maximum absolute atomic E-state index is 12.9. The zero-order chi connectivity index (χ0) is 21.1. The number of carbonyl (C=O) groups is 1. The molecule has 0 bridgehead atoms. The first kappa shape index (κ1) is 20.3. The van der Waals surface area contributed by atoms with Gasteiger partial charge in [0.1, 0.15) is 0 Å². The molecule has 0 aliphatic rings. The number of halogens is 1. The van der Waals surface area contributed by atoms with Gasteiger partial charge in [0, 0.05) is 9.92 Å². The summed E-state index contributed by atoms with van der Waals surface area (Å²) in [5.74, 6) is -0.0706. The normalized spacial score (nSPS) is 10.8. The number of nitrogens with zero attached hydrogens (tertiary/aromatic N) is 2. The number of rotatable bonds is 5. The van der Waals surface area contributed by atoms with Crippen molar-refractivity contribution >= 4 is 29.3 Å². The third-order valence-corrected chi connectivity index (χ3v) is 5.91. The number of aryl methyl sites for hydroxylation is 2. The highest BCUT2D eigenvalue weighted by Gasteiger charge is 2.22. The Kier molecular flexibility index (Phi) is 5.93. The molecule has 0 unspecified atom stereocenters. The first-order valence-electron chi connectivity index (χ1n) is 9.38. The molecule has 4 aromatic rings. The van der Waals surface area contributed by atoms with Crippen LogP contribution in [0, 0.1) is 13.8 Å². The summed E-state index contributed by atoms with van der Waals surface area (Å²) in [4.78, 5) is 14.7. The van der Waals surface area contributed by atoms with Gasteiger partial charge in [-0.3, -0.25) is 0 Å². The van der Waals surface area contributed by atoms with Crippen LogP contribution in [-0.2, 0) is 0 Å². The number of benzene rings is 3. The summed E-state index contributed by atoms with van der Waals surface area (Å²) in [5.41, 5.74) is 3.20. The van der Waals surface area contributed by atoms with Crippen LogP contribution in [0.4, 0.5) is 0 Å². The second-order valence-electron chi connectivity index (χ2n) is 6.78. The molecule has 1 heterocycles. The third-order valence-electron chi connectivity index (χ3n) is 4.48. The summed E-state index contributed by atoms with van der Waals surface area (Å²) in [7, 11) is 0. The average molecular weight is 435 g/mol. The Bertz CT molecular complexity index is 1170. The summed E-state index contributed by atoms with van der Waals surface area (Å²) < 4.78 is 7.54. The lowest BCUT2D eigenvalue weighted by molar-refractivity contribution is 0.0718. The topological polar surface area (TPSA) is 44.1 Å². The standard InChI is InChI=1S/C24H19ClN2O2S/c1-16-8-14-21(15-9-16)30-22-17(2)26-27(20-6-4-3-5-7-20)23(22)29-24(28)18-10-12-19(25)13-11-18/h3-15H,1-2H3. The van der Waals surface area contributed by atoms with E-state index in [4.69, 9.17) is 16.3 Å². The van der Waals surface area contributed by atoms with Gasteiger partial charge in [-0.25, -0.2) is 4.79 Å². The average Bonchev–Trinajstić information content (AvgIpc) is 3.06. The lowest BCUT2D eigenvalue weighted by Gasteiger charge is -2.10. The zero-order valence-electron chi connectivity index (χ0n) is 16.5. The van der Waals surface area contributed by atoms with Crippen molar-refractivity contribution < 1.29 is 9.53 Å². The van der Waals surface area contributed by atoms with E-state index in [1.165, 1.54) is 17.3 Å². The molecule has 3 aromatic carbocycles. The van der Waals surface area contributed by atoms with Crippen LogP contribution in [-0.4, -0.2) is 15.7 Å². The van der Waals surface area contributed by atoms with Gasteiger partial charge in [0.15, 0.2) is 0 Å². The molecule has 0 radical (unpaired) electrons. The molecule has 0 saturated carbocycles. The van der Waals surface area contributed by atoms with E-state index in [0.717, 1.165) is 21.2 Å². The molecule has 150 valence electrons. The van der Waals surface area contributed by atoms with Gasteiger partial charge in [-0.05, 0) is 62.4 Å². The van der Waals surface area contributed by atoms with Crippen LogP contribution in [0.25, 0.3) is 5.69 Å². The Morgan fingerprint density at radius 2 is 1.60 bits per heavy atom. The Hall–Kier alpha value is -3.02. The second kappa shape index (κ2) is 8.78. The van der Waals surface area contributed by atoms with E-state index < -0.39 is 5.97 Å². The molecule has 6 heteroatoms. The highest BCUT2D eigenvalue weighted by molar-refractivity contribution is 7.99. The zero-order valence-corrected chi connectivity index (χ0v) is 18.1. The van der Waals surface area contributed by atoms with Crippen LogP contribution in [0.2, 0.25) is 5.02 Å². The van der Waals surface area contributed by atoms with Crippen molar-refractivity contribution in [2.45, 2.75) is 23.6 Å². The maximum atomic E-state index is 12.9. The minimum Gasteiger partial charge on any atom is -0.402 e. The number of ether oxygens (including phenoxy) is 1. The molecule has 30 heavy (non-hydrogen) atoms. The van der Waals surface area contributed by atoms with Crippen molar-refractivity contribution in [1.29, 1.82) is 0 Å². The highest BCUT2D eigenvalue weighted by Crippen LogP contribution is 2.39. The third kappa shape index (κ3) is 4.42. The predicted octanol–water partition coefficient (Wildman–Crippen LogP) is 6.51. The summed E-state index contributed by atoms with van der Waals surface area (Å²) in [5, 5.41) is 5.22. The van der Waals surface area contributed by atoms with Gasteiger partial charge in [-0.15, -0.1) is 0 Å². The van der Waals surface area contributed by atoms with E-state index in [1.54, 1.807) is 28.9 Å². The number of carbonyl (C=O) groups excluding carboxylic acids is 1. The lowest BCUT2D eigenvalue weighted by atomic mass is 10.2. The smallest absolute Gasteiger partial charge is 0.344 e. The fourth-order valence-electron chi connectivity index (χ4n) is 2.90. The van der Waals surface area contributed by atoms with E-state index in [-0.39, 0.29) is 0 Å². The fraction of sp³-hybridized carbons (Fsp3) is 0.0833. The molecular formula is C24H19ClN2O2S. The molecule has 0 saturated heterocycles. The van der Waals surface area contributed by atoms with Gasteiger partial charge in [-0.2, -0.15) is 9.78 Å². The Balaban J connectivity index is 1.75. The number of hydrogen-bond donors (Lipinski definition) is 0. The van der Waals surface area contributed by atoms with E-state index in [0.29, 0.717) is 16.5 Å². The van der Waals surface area contributed by atoms with Crippen molar-refractivity contribution in [3.8, 4) is 11.6 Å². The van der Waals surface area contributed by atoms with Crippen molar-refractivity contribution in [2.24, 2.45) is 0 Å². The van der Waals surface area contributed by atoms with Gasteiger partial charge >= 0.3 is 5.97 Å². The minimum atomic E-state index is -0.463. The molecule has 0 atom stereocenters. The molecule has 0 aliphatic carbocycles. The molecule has 4 rings (SSSR count). The lowest BCUT2D eigenvalue weighted by Crippen LogP contribution is -2.12. The van der Waals surface area contributed by atoms with E-state index in [2.05, 4.69) is 17.2 Å². The molecule has 4 nitrogen and oxygen atoms in total. The Morgan fingerprint density at radius 1 is 0.933 bits per heavy atom. The molecule has 0 amide bonds. The summed E-state index contributed by atoms with van der Waals surface area (Å²) in [6.07, 6.45) is 0. The van der Waals surface area contributed by atoms with Crippen LogP contribution >= 0.6 is 23.4 Å². The number of aromatic nitrogens is 2. The maximum Gasteiger partial charge on any atom is 0.344 e. The molecule has 0 aliphatic heterocycles. The minimum absolute atomic E-state index is 0.393. The van der Waals surface area contributed by atoms with Crippen molar-refractivity contribution in [1.82, 2.24) is 9.78 Å². The van der Waals surface area contributed by atoms with Crippen molar-refractivity contribution in [3.05, 3.63) is 101 Å². The van der Waals surface area contributed by atoms with Crippen molar-refractivity contribution in [2.75, 3.05) is 0 Å². The highest BCUT2D eigenvalue weighted by atomic mass is 35.5. The van der Waals surface area contributed by atoms with Gasteiger partial charge in [0.25, 0.3) is 0 Å². The molecule has 0 N–H and O–H groups in total. The number of esters is 1. The van der Waals surface area contributed by atoms with Crippen LogP contribution < -0.4 is 4.74 Å². The van der Waals surface area contributed by atoms with Crippen LogP contribution in [0.3, 0.4) is 0 Å².